The number of piperazine rings is 1. The summed E-state index contributed by atoms with van der Waals surface area (Å²) in [5, 5.41) is 9.62. The van der Waals surface area contributed by atoms with Crippen LogP contribution in [0.2, 0.25) is 0 Å². The van der Waals surface area contributed by atoms with Crippen molar-refractivity contribution in [3.8, 4) is 0 Å². The van der Waals surface area contributed by atoms with Gasteiger partial charge in [-0.2, -0.15) is 0 Å². The Hall–Kier alpha value is -1.93. The van der Waals surface area contributed by atoms with Crippen LogP contribution in [-0.2, 0) is 9.59 Å². The molecule has 2 atom stereocenters. The third-order valence-electron chi connectivity index (χ3n) is 5.01. The van der Waals surface area contributed by atoms with Crippen LogP contribution in [0.3, 0.4) is 0 Å². The van der Waals surface area contributed by atoms with Gasteiger partial charge in [-0.25, -0.2) is 0 Å². The Morgan fingerprint density at radius 2 is 1.68 bits per heavy atom. The van der Waals surface area contributed by atoms with Crippen molar-refractivity contribution in [2.45, 2.75) is 51.7 Å². The fourth-order valence-corrected chi connectivity index (χ4v) is 3.05. The molecule has 2 aliphatic rings. The molecule has 1 aromatic rings. The molecule has 8 heteroatoms. The Morgan fingerprint density at radius 1 is 1.12 bits per heavy atom. The Labute approximate surface area is 147 Å². The summed E-state index contributed by atoms with van der Waals surface area (Å²) in [5.41, 5.74) is 0. The molecule has 1 aliphatic heterocycles. The van der Waals surface area contributed by atoms with E-state index in [1.807, 2.05) is 13.8 Å². The Bertz CT molecular complexity index is 620. The van der Waals surface area contributed by atoms with Crippen LogP contribution in [-0.4, -0.2) is 71.1 Å². The highest BCUT2D eigenvalue weighted by Gasteiger charge is 2.32. The van der Waals surface area contributed by atoms with Crippen molar-refractivity contribution >= 4 is 17.6 Å². The second-order valence-corrected chi connectivity index (χ2v) is 7.02. The smallest absolute Gasteiger partial charge is 0.242 e. The Morgan fingerprint density at radius 3 is 2.16 bits per heavy atom. The van der Waals surface area contributed by atoms with Gasteiger partial charge in [-0.1, -0.05) is 5.16 Å². The zero-order valence-corrected chi connectivity index (χ0v) is 15.1. The number of hydrogen-bond acceptors (Lipinski definition) is 6. The molecule has 8 nitrogen and oxygen atoms in total. The molecule has 0 aromatic carbocycles. The average molecular weight is 349 g/mol. The topological polar surface area (TPSA) is 90.7 Å². The van der Waals surface area contributed by atoms with E-state index in [-0.39, 0.29) is 23.9 Å². The van der Waals surface area contributed by atoms with Crippen molar-refractivity contribution in [1.82, 2.24) is 20.3 Å². The van der Waals surface area contributed by atoms with Crippen LogP contribution in [0.25, 0.3) is 0 Å². The standard InChI is InChI=1S/C17H27N5O3/c1-11-10-15(20-25-11)19-17(24)13(3)22-8-6-21(7-9-22)12(2)16(23)18-14-4-5-14/h10,12-14H,4-9H2,1-3H3,(H,18,23)(H,19,20,24). The number of rotatable bonds is 6. The van der Waals surface area contributed by atoms with Crippen molar-refractivity contribution < 1.29 is 14.1 Å². The molecule has 2 unspecified atom stereocenters. The number of nitrogens with one attached hydrogen (secondary N) is 2. The third kappa shape index (κ3) is 4.58. The normalized spacial score (nSPS) is 21.6. The molecule has 1 saturated carbocycles. The lowest BCUT2D eigenvalue weighted by molar-refractivity contribution is -0.128. The summed E-state index contributed by atoms with van der Waals surface area (Å²) >= 11 is 0. The van der Waals surface area contributed by atoms with Gasteiger partial charge >= 0.3 is 0 Å². The van der Waals surface area contributed by atoms with Crippen LogP contribution in [0, 0.1) is 6.92 Å². The highest BCUT2D eigenvalue weighted by Crippen LogP contribution is 2.19. The number of carbonyl (C=O) groups is 2. The number of aromatic nitrogens is 1. The second-order valence-electron chi connectivity index (χ2n) is 7.02. The van der Waals surface area contributed by atoms with Crippen molar-refractivity contribution in [2.75, 3.05) is 31.5 Å². The van der Waals surface area contributed by atoms with Gasteiger partial charge in [0.15, 0.2) is 5.82 Å². The van der Waals surface area contributed by atoms with E-state index >= 15 is 0 Å². The zero-order valence-electron chi connectivity index (χ0n) is 15.1. The highest BCUT2D eigenvalue weighted by atomic mass is 16.5. The first-order chi connectivity index (χ1) is 11.9. The Balaban J connectivity index is 1.45. The quantitative estimate of drug-likeness (QED) is 0.781. The molecule has 1 aromatic heterocycles. The summed E-state index contributed by atoms with van der Waals surface area (Å²) in [7, 11) is 0. The summed E-state index contributed by atoms with van der Waals surface area (Å²) in [4.78, 5) is 28.8. The third-order valence-corrected chi connectivity index (χ3v) is 5.01. The van der Waals surface area contributed by atoms with E-state index in [0.29, 0.717) is 17.6 Å². The van der Waals surface area contributed by atoms with Gasteiger partial charge in [-0.05, 0) is 33.6 Å². The lowest BCUT2D eigenvalue weighted by Crippen LogP contribution is -2.57. The largest absolute Gasteiger partial charge is 0.360 e. The second kappa shape index (κ2) is 7.53. The number of anilines is 1. The van der Waals surface area contributed by atoms with Crippen molar-refractivity contribution in [3.63, 3.8) is 0 Å². The average Bonchev–Trinajstić information content (AvgIpc) is 3.33. The minimum absolute atomic E-state index is 0.0960. The van der Waals surface area contributed by atoms with Crippen LogP contribution in [0.15, 0.2) is 10.6 Å². The molecule has 0 bridgehead atoms. The summed E-state index contributed by atoms with van der Waals surface area (Å²) in [6.45, 7) is 8.70. The van der Waals surface area contributed by atoms with Crippen LogP contribution < -0.4 is 10.6 Å². The van der Waals surface area contributed by atoms with Crippen LogP contribution in [0.5, 0.6) is 0 Å². The van der Waals surface area contributed by atoms with Crippen LogP contribution >= 0.6 is 0 Å². The van der Waals surface area contributed by atoms with Gasteiger partial charge in [-0.3, -0.25) is 19.4 Å². The molecule has 0 spiro atoms. The number of nitrogens with zero attached hydrogens (tertiary/aromatic N) is 3. The van der Waals surface area contributed by atoms with E-state index in [4.69, 9.17) is 4.52 Å². The first-order valence-corrected chi connectivity index (χ1v) is 8.96. The van der Waals surface area contributed by atoms with E-state index < -0.39 is 0 Å². The summed E-state index contributed by atoms with van der Waals surface area (Å²) < 4.78 is 4.96. The van der Waals surface area contributed by atoms with Gasteiger partial charge in [0.05, 0.1) is 12.1 Å². The molecule has 2 N–H and O–H groups in total. The maximum atomic E-state index is 12.4. The van der Waals surface area contributed by atoms with Gasteiger partial charge in [0.2, 0.25) is 11.8 Å². The first-order valence-electron chi connectivity index (χ1n) is 8.96. The number of hydrogen-bond donors (Lipinski definition) is 2. The lowest BCUT2D eigenvalue weighted by Gasteiger charge is -2.39. The van der Waals surface area contributed by atoms with E-state index in [0.717, 1.165) is 39.0 Å². The molecule has 25 heavy (non-hydrogen) atoms. The maximum absolute atomic E-state index is 12.4. The van der Waals surface area contributed by atoms with E-state index in [2.05, 4.69) is 25.6 Å². The van der Waals surface area contributed by atoms with Crippen molar-refractivity contribution in [2.24, 2.45) is 0 Å². The molecule has 1 saturated heterocycles. The van der Waals surface area contributed by atoms with Gasteiger partial charge < -0.3 is 15.2 Å². The van der Waals surface area contributed by atoms with E-state index in [9.17, 15) is 9.59 Å². The summed E-state index contributed by atoms with van der Waals surface area (Å²) in [6.07, 6.45) is 2.20. The summed E-state index contributed by atoms with van der Waals surface area (Å²) in [6, 6.07) is 1.71. The van der Waals surface area contributed by atoms with Gasteiger partial charge in [0.25, 0.3) is 0 Å². The van der Waals surface area contributed by atoms with Crippen LogP contribution in [0.4, 0.5) is 5.82 Å². The molecule has 138 valence electrons. The predicted molar refractivity (Wildman–Crippen MR) is 93.1 cm³/mol. The minimum Gasteiger partial charge on any atom is -0.360 e. The minimum atomic E-state index is -0.255. The first kappa shape index (κ1) is 17.9. The molecule has 1 aliphatic carbocycles. The van der Waals surface area contributed by atoms with Crippen LogP contribution in [0.1, 0.15) is 32.4 Å². The van der Waals surface area contributed by atoms with Crippen molar-refractivity contribution in [1.29, 1.82) is 0 Å². The number of amides is 2. The Kier molecular flexibility index (Phi) is 5.39. The molecule has 2 fully saturated rings. The maximum Gasteiger partial charge on any atom is 0.242 e. The summed E-state index contributed by atoms with van der Waals surface area (Å²) in [5.74, 6) is 1.12. The molecular weight excluding hydrogens is 322 g/mol. The molecule has 3 rings (SSSR count). The predicted octanol–water partition coefficient (Wildman–Crippen LogP) is 0.595. The van der Waals surface area contributed by atoms with E-state index in [1.165, 1.54) is 0 Å². The molecular formula is C17H27N5O3. The molecule has 0 radical (unpaired) electrons. The SMILES string of the molecule is Cc1cc(NC(=O)C(C)N2CCN(C(C)C(=O)NC3CC3)CC2)no1. The fraction of sp³-hybridized carbons (Fsp3) is 0.706. The van der Waals surface area contributed by atoms with Gasteiger partial charge in [0, 0.05) is 38.3 Å². The molecule has 2 heterocycles. The highest BCUT2D eigenvalue weighted by molar-refractivity contribution is 5.93. The fourth-order valence-electron chi connectivity index (χ4n) is 3.05. The van der Waals surface area contributed by atoms with Crippen molar-refractivity contribution in [3.05, 3.63) is 11.8 Å². The number of carbonyl (C=O) groups excluding carboxylic acids is 2. The monoisotopic (exact) mass is 349 g/mol. The van der Waals surface area contributed by atoms with Gasteiger partial charge in [-0.15, -0.1) is 0 Å². The molecule has 2 amide bonds. The zero-order chi connectivity index (χ0) is 18.0. The lowest BCUT2D eigenvalue weighted by atomic mass is 10.1. The van der Waals surface area contributed by atoms with E-state index in [1.54, 1.807) is 13.0 Å². The van der Waals surface area contributed by atoms with Gasteiger partial charge in [0.1, 0.15) is 5.76 Å². The number of aryl methyl sites for hydroxylation is 1.